The molecule has 2 heteroatoms. The Morgan fingerprint density at radius 3 is 2.09 bits per heavy atom. The maximum absolute atomic E-state index is 5.29. The summed E-state index contributed by atoms with van der Waals surface area (Å²) in [6.45, 7) is 10.9. The van der Waals surface area contributed by atoms with Gasteiger partial charge in [-0.2, -0.15) is 0 Å². The molecule has 0 bridgehead atoms. The molecule has 1 rings (SSSR count). The van der Waals surface area contributed by atoms with Crippen molar-refractivity contribution in [3.63, 3.8) is 0 Å². The predicted molar refractivity (Wildman–Crippen MR) is 46.7 cm³/mol. The molecule has 0 amide bonds. The minimum absolute atomic E-state index is 0.707. The molecule has 1 aliphatic rings. The molecule has 0 aromatic rings. The fourth-order valence-electron chi connectivity index (χ4n) is 1.41. The molecule has 1 saturated heterocycles. The smallest absolute Gasteiger partial charge is 0.0594 e. The van der Waals surface area contributed by atoms with Crippen molar-refractivity contribution >= 4 is 0 Å². The lowest BCUT2D eigenvalue weighted by atomic mass is 10.0. The summed E-state index contributed by atoms with van der Waals surface area (Å²) in [5.74, 6) is 0.757. The Balaban J connectivity index is 2.32. The van der Waals surface area contributed by atoms with Gasteiger partial charge in [0.05, 0.1) is 13.2 Å². The van der Waals surface area contributed by atoms with Crippen LogP contribution in [0.4, 0.5) is 0 Å². The number of ether oxygens (including phenoxy) is 1. The highest BCUT2D eigenvalue weighted by atomic mass is 16.5. The summed E-state index contributed by atoms with van der Waals surface area (Å²) in [6.07, 6.45) is 0. The van der Waals surface area contributed by atoms with Gasteiger partial charge in [-0.05, 0) is 12.8 Å². The average Bonchev–Trinajstić information content (AvgIpc) is 2.05. The van der Waals surface area contributed by atoms with Crippen molar-refractivity contribution < 1.29 is 4.74 Å². The Morgan fingerprint density at radius 1 is 1.09 bits per heavy atom. The van der Waals surface area contributed by atoms with Crippen LogP contribution in [0.2, 0.25) is 0 Å². The molecular formula is C9H19NO. The van der Waals surface area contributed by atoms with Gasteiger partial charge in [-0.3, -0.25) is 4.90 Å². The molecule has 1 aliphatic heterocycles. The van der Waals surface area contributed by atoms with Gasteiger partial charge >= 0.3 is 0 Å². The maximum Gasteiger partial charge on any atom is 0.0594 e. The van der Waals surface area contributed by atoms with Gasteiger partial charge in [0.2, 0.25) is 0 Å². The lowest BCUT2D eigenvalue weighted by Crippen LogP contribution is -2.44. The van der Waals surface area contributed by atoms with Crippen molar-refractivity contribution in [1.82, 2.24) is 4.90 Å². The summed E-state index contributed by atoms with van der Waals surface area (Å²) < 4.78 is 5.29. The third kappa shape index (κ3) is 2.46. The topological polar surface area (TPSA) is 12.5 Å². The normalized spacial score (nSPS) is 24.0. The molecule has 0 aliphatic carbocycles. The SMILES string of the molecule is CC(C)[C@H](C)N1CCOCC1. The molecule has 0 radical (unpaired) electrons. The predicted octanol–water partition coefficient (Wildman–Crippen LogP) is 1.36. The highest BCUT2D eigenvalue weighted by molar-refractivity contribution is 4.71. The zero-order valence-electron chi connectivity index (χ0n) is 7.84. The lowest BCUT2D eigenvalue weighted by molar-refractivity contribution is 0.0109. The Kier molecular flexibility index (Phi) is 3.34. The van der Waals surface area contributed by atoms with Gasteiger partial charge in [-0.1, -0.05) is 13.8 Å². The second-order valence-corrected chi connectivity index (χ2v) is 3.63. The molecular weight excluding hydrogens is 138 g/mol. The van der Waals surface area contributed by atoms with Gasteiger partial charge < -0.3 is 4.74 Å². The summed E-state index contributed by atoms with van der Waals surface area (Å²) in [5.41, 5.74) is 0. The van der Waals surface area contributed by atoms with Crippen LogP contribution in [0, 0.1) is 5.92 Å². The minimum Gasteiger partial charge on any atom is -0.379 e. The lowest BCUT2D eigenvalue weighted by Gasteiger charge is -2.34. The monoisotopic (exact) mass is 157 g/mol. The van der Waals surface area contributed by atoms with Crippen molar-refractivity contribution in [2.75, 3.05) is 26.3 Å². The van der Waals surface area contributed by atoms with Crippen molar-refractivity contribution in [1.29, 1.82) is 0 Å². The van der Waals surface area contributed by atoms with E-state index in [0.717, 1.165) is 32.2 Å². The van der Waals surface area contributed by atoms with E-state index in [4.69, 9.17) is 4.74 Å². The van der Waals surface area contributed by atoms with Crippen LogP contribution in [0.5, 0.6) is 0 Å². The van der Waals surface area contributed by atoms with Crippen molar-refractivity contribution in [2.45, 2.75) is 26.8 Å². The van der Waals surface area contributed by atoms with E-state index in [9.17, 15) is 0 Å². The maximum atomic E-state index is 5.29. The fourth-order valence-corrected chi connectivity index (χ4v) is 1.41. The summed E-state index contributed by atoms with van der Waals surface area (Å²) in [6, 6.07) is 0.707. The molecule has 66 valence electrons. The van der Waals surface area contributed by atoms with E-state index in [0.29, 0.717) is 6.04 Å². The molecule has 0 N–H and O–H groups in total. The van der Waals surface area contributed by atoms with Crippen LogP contribution in [-0.4, -0.2) is 37.2 Å². The molecule has 0 unspecified atom stereocenters. The number of hydrogen-bond donors (Lipinski definition) is 0. The third-order valence-electron chi connectivity index (χ3n) is 2.59. The van der Waals surface area contributed by atoms with Crippen LogP contribution >= 0.6 is 0 Å². The Bertz CT molecular complexity index is 108. The first-order valence-electron chi connectivity index (χ1n) is 4.53. The summed E-state index contributed by atoms with van der Waals surface area (Å²) in [4.78, 5) is 2.51. The molecule has 0 aromatic heterocycles. The summed E-state index contributed by atoms with van der Waals surface area (Å²) in [5, 5.41) is 0. The molecule has 0 aromatic carbocycles. The van der Waals surface area contributed by atoms with E-state index >= 15 is 0 Å². The number of hydrogen-bond acceptors (Lipinski definition) is 2. The van der Waals surface area contributed by atoms with Gasteiger partial charge in [0, 0.05) is 19.1 Å². The third-order valence-corrected chi connectivity index (χ3v) is 2.59. The molecule has 2 nitrogen and oxygen atoms in total. The number of nitrogens with zero attached hydrogens (tertiary/aromatic N) is 1. The first-order valence-corrected chi connectivity index (χ1v) is 4.53. The van der Waals surface area contributed by atoms with Crippen molar-refractivity contribution in [3.05, 3.63) is 0 Å². The first-order chi connectivity index (χ1) is 5.22. The number of morpholine rings is 1. The summed E-state index contributed by atoms with van der Waals surface area (Å²) in [7, 11) is 0. The van der Waals surface area contributed by atoms with E-state index in [-0.39, 0.29) is 0 Å². The first kappa shape index (κ1) is 9.01. The molecule has 0 saturated carbocycles. The van der Waals surface area contributed by atoms with E-state index in [1.807, 2.05) is 0 Å². The van der Waals surface area contributed by atoms with Crippen molar-refractivity contribution in [3.8, 4) is 0 Å². The van der Waals surface area contributed by atoms with Crippen LogP contribution in [0.25, 0.3) is 0 Å². The van der Waals surface area contributed by atoms with E-state index in [1.54, 1.807) is 0 Å². The second kappa shape index (κ2) is 4.07. The van der Waals surface area contributed by atoms with Gasteiger partial charge in [-0.25, -0.2) is 0 Å². The van der Waals surface area contributed by atoms with Crippen LogP contribution in [0.15, 0.2) is 0 Å². The van der Waals surface area contributed by atoms with Gasteiger partial charge in [0.1, 0.15) is 0 Å². The van der Waals surface area contributed by atoms with Gasteiger partial charge in [0.15, 0.2) is 0 Å². The molecule has 0 spiro atoms. The molecule has 1 fully saturated rings. The van der Waals surface area contributed by atoms with E-state index in [2.05, 4.69) is 25.7 Å². The van der Waals surface area contributed by atoms with Crippen LogP contribution in [-0.2, 0) is 4.74 Å². The standard InChI is InChI=1S/C9H19NO/c1-8(2)9(3)10-4-6-11-7-5-10/h8-9H,4-7H2,1-3H3/t9-/m0/s1. The fraction of sp³-hybridized carbons (Fsp3) is 1.00. The molecule has 11 heavy (non-hydrogen) atoms. The largest absolute Gasteiger partial charge is 0.379 e. The minimum atomic E-state index is 0.707. The quantitative estimate of drug-likeness (QED) is 0.600. The van der Waals surface area contributed by atoms with Gasteiger partial charge in [-0.15, -0.1) is 0 Å². The highest BCUT2D eigenvalue weighted by Crippen LogP contribution is 2.11. The number of rotatable bonds is 2. The Labute approximate surface area is 69.5 Å². The van der Waals surface area contributed by atoms with E-state index in [1.165, 1.54) is 0 Å². The zero-order chi connectivity index (χ0) is 8.27. The zero-order valence-corrected chi connectivity index (χ0v) is 7.84. The highest BCUT2D eigenvalue weighted by Gasteiger charge is 2.18. The summed E-state index contributed by atoms with van der Waals surface area (Å²) >= 11 is 0. The Morgan fingerprint density at radius 2 is 1.64 bits per heavy atom. The molecule has 1 atom stereocenters. The van der Waals surface area contributed by atoms with E-state index < -0.39 is 0 Å². The average molecular weight is 157 g/mol. The molecule has 1 heterocycles. The van der Waals surface area contributed by atoms with Gasteiger partial charge in [0.25, 0.3) is 0 Å². The second-order valence-electron chi connectivity index (χ2n) is 3.63. The van der Waals surface area contributed by atoms with Crippen LogP contribution in [0.1, 0.15) is 20.8 Å². The van der Waals surface area contributed by atoms with Crippen LogP contribution in [0.3, 0.4) is 0 Å². The van der Waals surface area contributed by atoms with Crippen LogP contribution < -0.4 is 0 Å². The Hall–Kier alpha value is -0.0800. The van der Waals surface area contributed by atoms with Crippen molar-refractivity contribution in [2.24, 2.45) is 5.92 Å².